The Morgan fingerprint density at radius 2 is 2.14 bits per heavy atom. The first-order chi connectivity index (χ1) is 6.74. The topological polar surface area (TPSA) is 23.8 Å². The Bertz CT molecular complexity index is 346. The van der Waals surface area contributed by atoms with Crippen LogP contribution >= 0.6 is 35.0 Å². The van der Waals surface area contributed by atoms with E-state index in [-0.39, 0.29) is 0 Å². The molecule has 0 amide bonds. The van der Waals surface area contributed by atoms with Crippen LogP contribution in [0.5, 0.6) is 0 Å². The second-order valence-electron chi connectivity index (χ2n) is 2.70. The Hall–Kier alpha value is -0.360. The average Bonchev–Trinajstić information content (AvgIpc) is 2.15. The van der Waals surface area contributed by atoms with Gasteiger partial charge in [-0.25, -0.2) is 0 Å². The molecule has 0 aliphatic heterocycles. The molecule has 1 aromatic rings. The Kier molecular flexibility index (Phi) is 5.17. The lowest BCUT2D eigenvalue weighted by Gasteiger charge is -2.03. The zero-order valence-corrected chi connectivity index (χ0v) is 9.79. The van der Waals surface area contributed by atoms with Gasteiger partial charge in [-0.2, -0.15) is 17.0 Å². The van der Waals surface area contributed by atoms with Crippen LogP contribution in [-0.4, -0.2) is 5.75 Å². The Morgan fingerprint density at radius 3 is 2.79 bits per heavy atom. The van der Waals surface area contributed by atoms with Crippen LogP contribution in [-0.2, 0) is 5.75 Å². The van der Waals surface area contributed by atoms with Crippen molar-refractivity contribution < 1.29 is 0 Å². The van der Waals surface area contributed by atoms with Crippen molar-refractivity contribution in [3.8, 4) is 6.07 Å². The van der Waals surface area contributed by atoms with Crippen LogP contribution in [0.15, 0.2) is 18.2 Å². The number of nitriles is 1. The molecule has 0 bridgehead atoms. The second-order valence-corrected chi connectivity index (χ2v) is 4.65. The molecule has 0 saturated heterocycles. The molecule has 0 saturated carbocycles. The maximum Gasteiger partial charge on any atom is 0.0630 e. The maximum atomic E-state index is 8.35. The predicted molar refractivity (Wildman–Crippen MR) is 62.9 cm³/mol. The van der Waals surface area contributed by atoms with E-state index in [4.69, 9.17) is 28.5 Å². The van der Waals surface area contributed by atoms with E-state index < -0.39 is 0 Å². The van der Waals surface area contributed by atoms with E-state index in [1.54, 1.807) is 17.8 Å². The van der Waals surface area contributed by atoms with Gasteiger partial charge in [0.25, 0.3) is 0 Å². The molecule has 0 radical (unpaired) electrons. The molecule has 0 atom stereocenters. The monoisotopic (exact) mass is 245 g/mol. The molecule has 4 heteroatoms. The van der Waals surface area contributed by atoms with E-state index in [1.807, 2.05) is 12.1 Å². The van der Waals surface area contributed by atoms with Gasteiger partial charge in [-0.3, -0.25) is 0 Å². The summed E-state index contributed by atoms with van der Waals surface area (Å²) in [6.45, 7) is 0. The molecule has 0 heterocycles. The summed E-state index contributed by atoms with van der Waals surface area (Å²) < 4.78 is 0. The highest BCUT2D eigenvalue weighted by Gasteiger charge is 2.00. The van der Waals surface area contributed by atoms with Gasteiger partial charge in [0.05, 0.1) is 6.07 Å². The first-order valence-electron chi connectivity index (χ1n) is 4.12. The first kappa shape index (κ1) is 11.7. The van der Waals surface area contributed by atoms with Crippen molar-refractivity contribution in [1.29, 1.82) is 5.26 Å². The Balaban J connectivity index is 2.47. The van der Waals surface area contributed by atoms with Crippen LogP contribution in [0, 0.1) is 11.3 Å². The van der Waals surface area contributed by atoms with Crippen LogP contribution in [0.25, 0.3) is 0 Å². The van der Waals surface area contributed by atoms with Crippen molar-refractivity contribution >= 4 is 35.0 Å². The molecule has 1 aromatic carbocycles. The summed E-state index contributed by atoms with van der Waals surface area (Å²) >= 11 is 13.4. The molecule has 0 unspecified atom stereocenters. The second kappa shape index (κ2) is 6.19. The highest BCUT2D eigenvalue weighted by Crippen LogP contribution is 2.24. The summed E-state index contributed by atoms with van der Waals surface area (Å²) in [5, 5.41) is 9.70. The highest BCUT2D eigenvalue weighted by molar-refractivity contribution is 7.98. The van der Waals surface area contributed by atoms with E-state index in [2.05, 4.69) is 6.07 Å². The van der Waals surface area contributed by atoms with Crippen molar-refractivity contribution in [2.75, 3.05) is 5.75 Å². The van der Waals surface area contributed by atoms with E-state index in [1.165, 1.54) is 0 Å². The number of halogens is 2. The number of benzene rings is 1. The third-order valence-corrected chi connectivity index (χ3v) is 3.23. The van der Waals surface area contributed by atoms with Crippen molar-refractivity contribution in [1.82, 2.24) is 0 Å². The zero-order chi connectivity index (χ0) is 10.4. The molecule has 0 spiro atoms. The Labute approximate surface area is 98.0 Å². The minimum Gasteiger partial charge on any atom is -0.198 e. The largest absolute Gasteiger partial charge is 0.198 e. The molecule has 1 rings (SSSR count). The summed E-state index contributed by atoms with van der Waals surface area (Å²) in [5.41, 5.74) is 1.07. The van der Waals surface area contributed by atoms with E-state index in [9.17, 15) is 0 Å². The van der Waals surface area contributed by atoms with Crippen molar-refractivity contribution in [3.63, 3.8) is 0 Å². The molecule has 0 aromatic heterocycles. The third kappa shape index (κ3) is 3.79. The molecule has 0 aliphatic carbocycles. The third-order valence-electron chi connectivity index (χ3n) is 1.63. The number of hydrogen-bond donors (Lipinski definition) is 0. The Morgan fingerprint density at radius 1 is 1.36 bits per heavy atom. The molecule has 0 fully saturated rings. The van der Waals surface area contributed by atoms with Gasteiger partial charge < -0.3 is 0 Å². The lowest BCUT2D eigenvalue weighted by Crippen LogP contribution is -1.84. The van der Waals surface area contributed by atoms with Gasteiger partial charge in [0, 0.05) is 28.0 Å². The van der Waals surface area contributed by atoms with Crippen LogP contribution in [0.4, 0.5) is 0 Å². The van der Waals surface area contributed by atoms with Crippen LogP contribution in [0.3, 0.4) is 0 Å². The predicted octanol–water partition coefficient (Wildman–Crippen LogP) is 4.14. The van der Waals surface area contributed by atoms with Gasteiger partial charge in [-0.05, 0) is 17.7 Å². The minimum absolute atomic E-state index is 0.579. The highest BCUT2D eigenvalue weighted by atomic mass is 35.5. The number of thioether (sulfide) groups is 1. The van der Waals surface area contributed by atoms with Crippen molar-refractivity contribution in [2.45, 2.75) is 12.2 Å². The zero-order valence-electron chi connectivity index (χ0n) is 7.46. The minimum atomic E-state index is 0.579. The summed E-state index contributed by atoms with van der Waals surface area (Å²) in [6, 6.07) is 7.59. The number of nitrogens with zero attached hydrogens (tertiary/aromatic N) is 1. The van der Waals surface area contributed by atoms with Gasteiger partial charge in [0.2, 0.25) is 0 Å². The van der Waals surface area contributed by atoms with Crippen molar-refractivity contribution in [3.05, 3.63) is 33.8 Å². The molecule has 74 valence electrons. The number of rotatable bonds is 4. The first-order valence-corrected chi connectivity index (χ1v) is 6.03. The van der Waals surface area contributed by atoms with Gasteiger partial charge >= 0.3 is 0 Å². The van der Waals surface area contributed by atoms with E-state index in [0.29, 0.717) is 16.5 Å². The molecule has 0 N–H and O–H groups in total. The van der Waals surface area contributed by atoms with Gasteiger partial charge in [0.1, 0.15) is 0 Å². The fraction of sp³-hybridized carbons (Fsp3) is 0.300. The van der Waals surface area contributed by atoms with E-state index >= 15 is 0 Å². The summed E-state index contributed by atoms with van der Waals surface area (Å²) in [6.07, 6.45) is 0.579. The molecule has 0 aliphatic rings. The smallest absolute Gasteiger partial charge is 0.0630 e. The molecule has 14 heavy (non-hydrogen) atoms. The molecule has 1 nitrogen and oxygen atoms in total. The quantitative estimate of drug-likeness (QED) is 0.745. The lowest BCUT2D eigenvalue weighted by atomic mass is 10.2. The summed E-state index contributed by atoms with van der Waals surface area (Å²) in [7, 11) is 0. The number of hydrogen-bond acceptors (Lipinski definition) is 2. The van der Waals surface area contributed by atoms with Gasteiger partial charge in [0.15, 0.2) is 0 Å². The summed E-state index contributed by atoms with van der Waals surface area (Å²) in [4.78, 5) is 0. The van der Waals surface area contributed by atoms with Gasteiger partial charge in [-0.15, -0.1) is 0 Å². The van der Waals surface area contributed by atoms with Crippen LogP contribution in [0.1, 0.15) is 12.0 Å². The maximum absolute atomic E-state index is 8.35. The SMILES string of the molecule is N#CCCSCc1ccc(Cl)cc1Cl. The van der Waals surface area contributed by atoms with Gasteiger partial charge in [-0.1, -0.05) is 29.3 Å². The molecular weight excluding hydrogens is 237 g/mol. The normalized spacial score (nSPS) is 9.79. The standard InChI is InChI=1S/C10H9Cl2NS/c11-9-3-2-8(10(12)6-9)7-14-5-1-4-13/h2-3,6H,1,5,7H2. The van der Waals surface area contributed by atoms with E-state index in [0.717, 1.165) is 17.1 Å². The molecular formula is C10H9Cl2NS. The fourth-order valence-electron chi connectivity index (χ4n) is 0.939. The summed E-state index contributed by atoms with van der Waals surface area (Å²) in [5.74, 6) is 1.67. The average molecular weight is 246 g/mol. The van der Waals surface area contributed by atoms with Crippen molar-refractivity contribution in [2.24, 2.45) is 0 Å². The van der Waals surface area contributed by atoms with Crippen LogP contribution < -0.4 is 0 Å². The fourth-order valence-corrected chi connectivity index (χ4v) is 2.34. The lowest BCUT2D eigenvalue weighted by molar-refractivity contribution is 1.23. The van der Waals surface area contributed by atoms with Crippen LogP contribution in [0.2, 0.25) is 10.0 Å².